The Morgan fingerprint density at radius 3 is 2.50 bits per heavy atom. The molecule has 0 aliphatic heterocycles. The summed E-state index contributed by atoms with van der Waals surface area (Å²) in [6.45, 7) is 0.593. The molecule has 2 aromatic carbocycles. The van der Waals surface area contributed by atoms with Crippen molar-refractivity contribution >= 4 is 23.1 Å². The van der Waals surface area contributed by atoms with Crippen molar-refractivity contribution in [3.63, 3.8) is 0 Å². The van der Waals surface area contributed by atoms with E-state index in [4.69, 9.17) is 0 Å². The molecule has 0 bridgehead atoms. The van der Waals surface area contributed by atoms with Crippen LogP contribution < -0.4 is 5.32 Å². The number of thiazole rings is 1. The van der Waals surface area contributed by atoms with Gasteiger partial charge in [0.05, 0.1) is 12.7 Å². The van der Waals surface area contributed by atoms with Gasteiger partial charge < -0.3 is 5.32 Å². The third kappa shape index (κ3) is 3.55. The van der Waals surface area contributed by atoms with Crippen LogP contribution in [-0.2, 0) is 6.54 Å². The van der Waals surface area contributed by atoms with Gasteiger partial charge in [-0.3, -0.25) is 4.79 Å². The maximum absolute atomic E-state index is 12.6. The summed E-state index contributed by atoms with van der Waals surface area (Å²) >= 11 is 1.46. The third-order valence-corrected chi connectivity index (χ3v) is 4.78. The first kappa shape index (κ1) is 16.2. The van der Waals surface area contributed by atoms with E-state index < -0.39 is 0 Å². The second-order valence-electron chi connectivity index (χ2n) is 5.72. The summed E-state index contributed by atoms with van der Waals surface area (Å²) in [5.74, 6) is 0.409. The summed E-state index contributed by atoms with van der Waals surface area (Å²) in [6.07, 6.45) is 1.68. The van der Waals surface area contributed by atoms with Crippen LogP contribution in [0.3, 0.4) is 0 Å². The largest absolute Gasteiger partial charge is 0.305 e. The number of hydrogen-bond donors (Lipinski definition) is 1. The second kappa shape index (κ2) is 7.33. The van der Waals surface area contributed by atoms with Gasteiger partial charge in [-0.25, -0.2) is 9.67 Å². The lowest BCUT2D eigenvalue weighted by atomic mass is 10.2. The minimum Gasteiger partial charge on any atom is -0.305 e. The summed E-state index contributed by atoms with van der Waals surface area (Å²) in [7, 11) is 0. The van der Waals surface area contributed by atoms with Crippen molar-refractivity contribution in [1.29, 1.82) is 0 Å². The normalized spacial score (nSPS) is 10.6. The molecular weight excluding hydrogens is 344 g/mol. The molecule has 0 aliphatic rings. The number of nitrogens with zero attached hydrogens (tertiary/aromatic N) is 3. The highest BCUT2D eigenvalue weighted by atomic mass is 32.1. The zero-order valence-electron chi connectivity index (χ0n) is 13.9. The Balaban J connectivity index is 1.49. The molecule has 2 aromatic heterocycles. The summed E-state index contributed by atoms with van der Waals surface area (Å²) in [4.78, 5) is 17.0. The predicted molar refractivity (Wildman–Crippen MR) is 103 cm³/mol. The first-order valence-corrected chi connectivity index (χ1v) is 9.05. The van der Waals surface area contributed by atoms with Crippen molar-refractivity contribution < 1.29 is 4.79 Å². The molecule has 0 radical (unpaired) electrons. The van der Waals surface area contributed by atoms with Gasteiger partial charge in [-0.2, -0.15) is 5.10 Å². The number of benzene rings is 2. The maximum Gasteiger partial charge on any atom is 0.276 e. The lowest BCUT2D eigenvalue weighted by Crippen LogP contribution is -2.16. The molecule has 0 fully saturated rings. The monoisotopic (exact) mass is 360 g/mol. The molecule has 4 rings (SSSR count). The van der Waals surface area contributed by atoms with Gasteiger partial charge in [0.1, 0.15) is 16.5 Å². The van der Waals surface area contributed by atoms with Gasteiger partial charge in [0.15, 0.2) is 0 Å². The van der Waals surface area contributed by atoms with Crippen LogP contribution in [0.1, 0.15) is 16.1 Å². The predicted octanol–water partition coefficient (Wildman–Crippen LogP) is 4.31. The Kier molecular flexibility index (Phi) is 4.57. The van der Waals surface area contributed by atoms with Crippen molar-refractivity contribution in [2.75, 3.05) is 5.32 Å². The number of rotatable bonds is 5. The van der Waals surface area contributed by atoms with Crippen LogP contribution in [0.5, 0.6) is 0 Å². The van der Waals surface area contributed by atoms with Crippen LogP contribution in [-0.4, -0.2) is 20.7 Å². The van der Waals surface area contributed by atoms with Crippen LogP contribution in [0, 0.1) is 0 Å². The quantitative estimate of drug-likeness (QED) is 0.577. The van der Waals surface area contributed by atoms with Crippen molar-refractivity contribution in [2.24, 2.45) is 0 Å². The fourth-order valence-electron chi connectivity index (χ4n) is 2.59. The van der Waals surface area contributed by atoms with Crippen molar-refractivity contribution in [3.05, 3.63) is 89.6 Å². The molecule has 1 N–H and O–H groups in total. The van der Waals surface area contributed by atoms with E-state index in [-0.39, 0.29) is 5.91 Å². The van der Waals surface area contributed by atoms with E-state index in [0.717, 1.165) is 16.1 Å². The van der Waals surface area contributed by atoms with Gasteiger partial charge >= 0.3 is 0 Å². The van der Waals surface area contributed by atoms with E-state index in [0.29, 0.717) is 18.1 Å². The van der Waals surface area contributed by atoms with Crippen molar-refractivity contribution in [2.45, 2.75) is 6.54 Å². The smallest absolute Gasteiger partial charge is 0.276 e. The number of hydrogen-bond acceptors (Lipinski definition) is 4. The van der Waals surface area contributed by atoms with E-state index in [1.165, 1.54) is 11.3 Å². The molecule has 1 amide bonds. The summed E-state index contributed by atoms with van der Waals surface area (Å²) < 4.78 is 1.76. The van der Waals surface area contributed by atoms with Crippen LogP contribution in [0.15, 0.2) is 78.3 Å². The molecule has 0 saturated heterocycles. The van der Waals surface area contributed by atoms with Crippen LogP contribution in [0.25, 0.3) is 10.6 Å². The van der Waals surface area contributed by atoms with Gasteiger partial charge in [0.25, 0.3) is 5.91 Å². The number of anilines is 1. The molecule has 5 nitrogen and oxygen atoms in total. The topological polar surface area (TPSA) is 59.8 Å². The Morgan fingerprint density at radius 1 is 1.00 bits per heavy atom. The highest BCUT2D eigenvalue weighted by Crippen LogP contribution is 2.23. The van der Waals surface area contributed by atoms with Crippen LogP contribution in [0.4, 0.5) is 5.82 Å². The third-order valence-electron chi connectivity index (χ3n) is 3.89. The minimum absolute atomic E-state index is 0.238. The lowest BCUT2D eigenvalue weighted by molar-refractivity contribution is 0.102. The van der Waals surface area contributed by atoms with E-state index in [1.54, 1.807) is 22.3 Å². The summed E-state index contributed by atoms with van der Waals surface area (Å²) in [5.41, 5.74) is 2.53. The minimum atomic E-state index is -0.238. The number of carbonyl (C=O) groups is 1. The Bertz CT molecular complexity index is 1010. The van der Waals surface area contributed by atoms with Gasteiger partial charge in [-0.15, -0.1) is 11.3 Å². The number of nitrogens with one attached hydrogen (secondary N) is 1. The molecule has 0 atom stereocenters. The standard InChI is InChI=1S/C20H16N4OS/c25-19(17-14-26-20(22-17)16-9-5-2-6-10-16)23-18-11-12-21-24(18)13-15-7-3-1-4-8-15/h1-12,14H,13H2,(H,23,25). The highest BCUT2D eigenvalue weighted by Gasteiger charge is 2.14. The summed E-state index contributed by atoms with van der Waals surface area (Å²) in [6, 6.07) is 21.6. The fraction of sp³-hybridized carbons (Fsp3) is 0.0500. The van der Waals surface area contributed by atoms with Crippen LogP contribution in [0.2, 0.25) is 0 Å². The highest BCUT2D eigenvalue weighted by molar-refractivity contribution is 7.13. The number of amides is 1. The van der Waals surface area contributed by atoms with E-state index in [9.17, 15) is 4.79 Å². The molecule has 0 aliphatic carbocycles. The van der Waals surface area contributed by atoms with Crippen molar-refractivity contribution in [1.82, 2.24) is 14.8 Å². The SMILES string of the molecule is O=C(Nc1ccnn1Cc1ccccc1)c1csc(-c2ccccc2)n1. The van der Waals surface area contributed by atoms with E-state index >= 15 is 0 Å². The molecule has 0 saturated carbocycles. The molecule has 4 aromatic rings. The Hall–Kier alpha value is -3.25. The zero-order valence-corrected chi connectivity index (χ0v) is 14.7. The average molecular weight is 360 g/mol. The number of carbonyl (C=O) groups excluding carboxylic acids is 1. The Labute approximate surface area is 155 Å². The summed E-state index contributed by atoms with van der Waals surface area (Å²) in [5, 5.41) is 9.79. The molecule has 128 valence electrons. The molecule has 26 heavy (non-hydrogen) atoms. The molecule has 0 spiro atoms. The number of aromatic nitrogens is 3. The van der Waals surface area contributed by atoms with Gasteiger partial charge in [0, 0.05) is 17.0 Å². The average Bonchev–Trinajstić information content (AvgIpc) is 3.34. The van der Waals surface area contributed by atoms with Crippen LogP contribution >= 0.6 is 11.3 Å². The van der Waals surface area contributed by atoms with E-state index in [1.807, 2.05) is 60.7 Å². The van der Waals surface area contributed by atoms with Crippen molar-refractivity contribution in [3.8, 4) is 10.6 Å². The zero-order chi connectivity index (χ0) is 17.8. The molecular formula is C20H16N4OS. The molecule has 6 heteroatoms. The molecule has 2 heterocycles. The fourth-order valence-corrected chi connectivity index (χ4v) is 3.40. The Morgan fingerprint density at radius 2 is 1.73 bits per heavy atom. The van der Waals surface area contributed by atoms with E-state index in [2.05, 4.69) is 15.4 Å². The first-order valence-electron chi connectivity index (χ1n) is 8.17. The molecule has 0 unspecified atom stereocenters. The maximum atomic E-state index is 12.6. The lowest BCUT2D eigenvalue weighted by Gasteiger charge is -2.08. The van der Waals surface area contributed by atoms with Gasteiger partial charge in [0.2, 0.25) is 0 Å². The first-order chi connectivity index (χ1) is 12.8. The van der Waals surface area contributed by atoms with Gasteiger partial charge in [-0.1, -0.05) is 60.7 Å². The van der Waals surface area contributed by atoms with Gasteiger partial charge in [-0.05, 0) is 5.56 Å². The second-order valence-corrected chi connectivity index (χ2v) is 6.58.